The summed E-state index contributed by atoms with van der Waals surface area (Å²) in [4.78, 5) is 4.50. The number of nitrogens with zero attached hydrogens (tertiary/aromatic N) is 2. The van der Waals surface area contributed by atoms with Crippen LogP contribution >= 0.6 is 12.2 Å². The number of sulfone groups is 1. The summed E-state index contributed by atoms with van der Waals surface area (Å²) < 4.78 is 29.5. The van der Waals surface area contributed by atoms with E-state index in [2.05, 4.69) is 35.0 Å². The van der Waals surface area contributed by atoms with Gasteiger partial charge in [0.05, 0.1) is 24.7 Å². The zero-order valence-electron chi connectivity index (χ0n) is 16.8. The molecule has 1 atom stereocenters. The Kier molecular flexibility index (Phi) is 7.31. The first-order valence-electron chi connectivity index (χ1n) is 10.00. The average Bonchev–Trinajstić information content (AvgIpc) is 3.03. The van der Waals surface area contributed by atoms with Crippen LogP contribution < -0.4 is 5.32 Å². The number of aryl methyl sites for hydroxylation is 1. The molecule has 0 unspecified atom stereocenters. The normalized spacial score (nSPS) is 22.1. The second-order valence-corrected chi connectivity index (χ2v) is 10.4. The van der Waals surface area contributed by atoms with Gasteiger partial charge < -0.3 is 15.0 Å². The van der Waals surface area contributed by atoms with Gasteiger partial charge in [-0.2, -0.15) is 0 Å². The van der Waals surface area contributed by atoms with E-state index in [0.29, 0.717) is 11.5 Å². The molecule has 156 valence electrons. The predicted octanol–water partition coefficient (Wildman–Crippen LogP) is 2.21. The molecular formula is C20H31N3O3S2. The SMILES string of the molecule is Cc1cccc(NC(=S)N(CCCN2CCOCC2)[C@H]2CCS(=O)(=O)C2)c1C. The van der Waals surface area contributed by atoms with Gasteiger partial charge in [-0.25, -0.2) is 8.42 Å². The maximum Gasteiger partial charge on any atom is 0.173 e. The van der Waals surface area contributed by atoms with Gasteiger partial charge in [0.2, 0.25) is 0 Å². The lowest BCUT2D eigenvalue weighted by Crippen LogP contribution is -2.45. The van der Waals surface area contributed by atoms with E-state index >= 15 is 0 Å². The highest BCUT2D eigenvalue weighted by Gasteiger charge is 2.33. The summed E-state index contributed by atoms with van der Waals surface area (Å²) in [5.74, 6) is 0.447. The fourth-order valence-corrected chi connectivity index (χ4v) is 5.92. The predicted molar refractivity (Wildman–Crippen MR) is 118 cm³/mol. The minimum absolute atomic E-state index is 0.0418. The number of anilines is 1. The Bertz CT molecular complexity index is 792. The Balaban J connectivity index is 1.66. The molecule has 1 N–H and O–H groups in total. The number of hydrogen-bond donors (Lipinski definition) is 1. The molecule has 2 fully saturated rings. The average molecular weight is 426 g/mol. The van der Waals surface area contributed by atoms with E-state index in [-0.39, 0.29) is 17.5 Å². The van der Waals surface area contributed by atoms with Gasteiger partial charge in [-0.15, -0.1) is 0 Å². The fourth-order valence-electron chi connectivity index (χ4n) is 3.83. The Morgan fingerprint density at radius 2 is 2.07 bits per heavy atom. The van der Waals surface area contributed by atoms with Crippen LogP contribution in [0.3, 0.4) is 0 Å². The molecule has 28 heavy (non-hydrogen) atoms. The van der Waals surface area contributed by atoms with Crippen molar-refractivity contribution < 1.29 is 13.2 Å². The lowest BCUT2D eigenvalue weighted by molar-refractivity contribution is 0.0366. The monoisotopic (exact) mass is 425 g/mol. The molecule has 6 nitrogen and oxygen atoms in total. The third-order valence-corrected chi connectivity index (χ3v) is 7.82. The smallest absolute Gasteiger partial charge is 0.173 e. The molecule has 0 saturated carbocycles. The van der Waals surface area contributed by atoms with Crippen LogP contribution in [0.1, 0.15) is 24.0 Å². The maximum atomic E-state index is 12.0. The zero-order chi connectivity index (χ0) is 20.1. The van der Waals surface area contributed by atoms with Crippen molar-refractivity contribution in [3.05, 3.63) is 29.3 Å². The Morgan fingerprint density at radius 1 is 1.32 bits per heavy atom. The van der Waals surface area contributed by atoms with Gasteiger partial charge in [0.15, 0.2) is 14.9 Å². The van der Waals surface area contributed by atoms with Gasteiger partial charge in [0.25, 0.3) is 0 Å². The largest absolute Gasteiger partial charge is 0.379 e. The van der Waals surface area contributed by atoms with Gasteiger partial charge in [-0.1, -0.05) is 12.1 Å². The number of nitrogens with one attached hydrogen (secondary N) is 1. The molecule has 1 aromatic rings. The number of hydrogen-bond acceptors (Lipinski definition) is 5. The highest BCUT2D eigenvalue weighted by atomic mass is 32.2. The van der Waals surface area contributed by atoms with Crippen molar-refractivity contribution in [2.24, 2.45) is 0 Å². The van der Waals surface area contributed by atoms with Crippen LogP contribution in [0.5, 0.6) is 0 Å². The first-order chi connectivity index (χ1) is 13.4. The van der Waals surface area contributed by atoms with Crippen LogP contribution in [0.2, 0.25) is 0 Å². The van der Waals surface area contributed by atoms with Gasteiger partial charge in [-0.05, 0) is 56.1 Å². The molecule has 0 bridgehead atoms. The van der Waals surface area contributed by atoms with Crippen molar-refractivity contribution in [3.63, 3.8) is 0 Å². The molecular weight excluding hydrogens is 394 g/mol. The van der Waals surface area contributed by atoms with Gasteiger partial charge in [0.1, 0.15) is 0 Å². The van der Waals surface area contributed by atoms with Crippen LogP contribution in [0, 0.1) is 13.8 Å². The Hall–Kier alpha value is -1.22. The molecule has 0 spiro atoms. The van der Waals surface area contributed by atoms with Crippen LogP contribution in [-0.2, 0) is 14.6 Å². The molecule has 3 rings (SSSR count). The number of thiocarbonyl (C=S) groups is 1. The molecule has 0 aromatic heterocycles. The van der Waals surface area contributed by atoms with Crippen molar-refractivity contribution in [2.75, 3.05) is 56.2 Å². The maximum absolute atomic E-state index is 12.0. The molecule has 2 heterocycles. The lowest BCUT2D eigenvalue weighted by atomic mass is 10.1. The summed E-state index contributed by atoms with van der Waals surface area (Å²) in [5, 5.41) is 4.00. The topological polar surface area (TPSA) is 61.9 Å². The number of benzene rings is 1. The molecule has 2 aliphatic rings. The number of rotatable bonds is 6. The molecule has 2 aliphatic heterocycles. The molecule has 0 radical (unpaired) electrons. The summed E-state index contributed by atoms with van der Waals surface area (Å²) in [6.45, 7) is 9.39. The van der Waals surface area contributed by atoms with Crippen molar-refractivity contribution in [1.29, 1.82) is 0 Å². The van der Waals surface area contributed by atoms with E-state index in [1.165, 1.54) is 5.56 Å². The standard InChI is InChI=1S/C20H31N3O3S2/c1-16-5-3-6-19(17(16)2)21-20(27)23(18-7-14-28(24,25)15-18)9-4-8-22-10-12-26-13-11-22/h3,5-6,18H,4,7-15H2,1-2H3,(H,21,27)/t18-/m0/s1. The molecule has 2 saturated heterocycles. The van der Waals surface area contributed by atoms with E-state index in [9.17, 15) is 8.42 Å². The minimum atomic E-state index is -2.96. The number of morpholine rings is 1. The first-order valence-corrected chi connectivity index (χ1v) is 12.2. The third kappa shape index (κ3) is 5.65. The van der Waals surface area contributed by atoms with Gasteiger partial charge in [-0.3, -0.25) is 4.90 Å². The second-order valence-electron chi connectivity index (χ2n) is 7.74. The van der Waals surface area contributed by atoms with Crippen molar-refractivity contribution in [1.82, 2.24) is 9.80 Å². The molecule has 0 amide bonds. The van der Waals surface area contributed by atoms with Crippen LogP contribution in [0.15, 0.2) is 18.2 Å². The van der Waals surface area contributed by atoms with Crippen LogP contribution in [0.4, 0.5) is 5.69 Å². The fraction of sp³-hybridized carbons (Fsp3) is 0.650. The zero-order valence-corrected chi connectivity index (χ0v) is 18.4. The minimum Gasteiger partial charge on any atom is -0.379 e. The summed E-state index contributed by atoms with van der Waals surface area (Å²) in [6.07, 6.45) is 1.60. The summed E-state index contributed by atoms with van der Waals surface area (Å²) >= 11 is 5.73. The van der Waals surface area contributed by atoms with E-state index in [1.54, 1.807) is 0 Å². The third-order valence-electron chi connectivity index (χ3n) is 5.73. The van der Waals surface area contributed by atoms with Gasteiger partial charge >= 0.3 is 0 Å². The molecule has 1 aromatic carbocycles. The lowest BCUT2D eigenvalue weighted by Gasteiger charge is -2.33. The quantitative estimate of drug-likeness (QED) is 0.701. The van der Waals surface area contributed by atoms with Gasteiger partial charge in [0, 0.05) is 37.9 Å². The van der Waals surface area contributed by atoms with E-state index in [0.717, 1.165) is 57.1 Å². The Morgan fingerprint density at radius 3 is 2.75 bits per heavy atom. The second kappa shape index (κ2) is 9.52. The first kappa shape index (κ1) is 21.5. The van der Waals surface area contributed by atoms with Crippen molar-refractivity contribution in [3.8, 4) is 0 Å². The Labute approximate surface area is 174 Å². The van der Waals surface area contributed by atoms with E-state index < -0.39 is 9.84 Å². The number of ether oxygens (including phenoxy) is 1. The summed E-state index contributed by atoms with van der Waals surface area (Å²) in [5.41, 5.74) is 3.36. The molecule has 8 heteroatoms. The summed E-state index contributed by atoms with van der Waals surface area (Å²) in [7, 11) is -2.96. The highest BCUT2D eigenvalue weighted by molar-refractivity contribution is 7.91. The van der Waals surface area contributed by atoms with Crippen molar-refractivity contribution >= 4 is 32.9 Å². The van der Waals surface area contributed by atoms with E-state index in [1.807, 2.05) is 12.1 Å². The highest BCUT2D eigenvalue weighted by Crippen LogP contribution is 2.22. The van der Waals surface area contributed by atoms with Crippen LogP contribution in [0.25, 0.3) is 0 Å². The molecule has 0 aliphatic carbocycles. The van der Waals surface area contributed by atoms with Crippen LogP contribution in [-0.4, -0.2) is 80.3 Å². The summed E-state index contributed by atoms with van der Waals surface area (Å²) in [6, 6.07) is 6.06. The van der Waals surface area contributed by atoms with Crippen molar-refractivity contribution in [2.45, 2.75) is 32.7 Å². The van der Waals surface area contributed by atoms with E-state index in [4.69, 9.17) is 17.0 Å².